The number of nitrogens with zero attached hydrogens (tertiary/aromatic N) is 2. The summed E-state index contributed by atoms with van der Waals surface area (Å²) in [4.78, 5) is 8.84. The van der Waals surface area contributed by atoms with Gasteiger partial charge in [-0.15, -0.1) is 0 Å². The first-order chi connectivity index (χ1) is 6.98. The molecule has 1 saturated carbocycles. The van der Waals surface area contributed by atoms with E-state index in [-0.39, 0.29) is 11.5 Å². The third kappa shape index (κ3) is 2.34. The van der Waals surface area contributed by atoms with Gasteiger partial charge < -0.3 is 5.73 Å². The molecule has 1 fully saturated rings. The Bertz CT molecular complexity index is 350. The summed E-state index contributed by atoms with van der Waals surface area (Å²) in [6.07, 6.45) is 4.37. The van der Waals surface area contributed by atoms with Crippen molar-refractivity contribution in [3.63, 3.8) is 0 Å². The van der Waals surface area contributed by atoms with E-state index in [4.69, 9.17) is 5.73 Å². The second-order valence-electron chi connectivity index (χ2n) is 5.46. The molecule has 0 aromatic carbocycles. The molecule has 0 radical (unpaired) electrons. The number of nitrogens with two attached hydrogens (primary N) is 1. The standard InChI is InChI=1S/C12H19N3/c1-12(2,3)10(13)11-14-7-6-9(15-11)8-4-5-8/h6-8,10H,4-5,13H2,1-3H3. The lowest BCUT2D eigenvalue weighted by atomic mass is 9.87. The predicted molar refractivity (Wildman–Crippen MR) is 60.4 cm³/mol. The van der Waals surface area contributed by atoms with E-state index in [1.165, 1.54) is 18.5 Å². The fourth-order valence-corrected chi connectivity index (χ4v) is 1.53. The molecular weight excluding hydrogens is 186 g/mol. The average molecular weight is 205 g/mol. The van der Waals surface area contributed by atoms with Crippen molar-refractivity contribution in [1.29, 1.82) is 0 Å². The minimum atomic E-state index is -0.0869. The molecule has 1 heterocycles. The molecule has 1 aliphatic rings. The summed E-state index contributed by atoms with van der Waals surface area (Å²) in [5.41, 5.74) is 7.32. The molecule has 15 heavy (non-hydrogen) atoms. The first-order valence-corrected chi connectivity index (χ1v) is 5.57. The molecule has 3 heteroatoms. The zero-order valence-electron chi connectivity index (χ0n) is 9.70. The highest BCUT2D eigenvalue weighted by atomic mass is 14.9. The summed E-state index contributed by atoms with van der Waals surface area (Å²) in [6.45, 7) is 6.35. The van der Waals surface area contributed by atoms with Crippen LogP contribution in [0.2, 0.25) is 0 Å². The van der Waals surface area contributed by atoms with Gasteiger partial charge in [0.25, 0.3) is 0 Å². The predicted octanol–water partition coefficient (Wildman–Crippen LogP) is 2.40. The molecule has 1 aliphatic carbocycles. The second kappa shape index (κ2) is 3.56. The van der Waals surface area contributed by atoms with Crippen LogP contribution in [-0.2, 0) is 0 Å². The molecule has 1 aromatic rings. The maximum atomic E-state index is 6.14. The third-order valence-electron chi connectivity index (χ3n) is 2.90. The lowest BCUT2D eigenvalue weighted by Gasteiger charge is -2.25. The minimum absolute atomic E-state index is 0.0160. The normalized spacial score (nSPS) is 18.9. The van der Waals surface area contributed by atoms with E-state index in [2.05, 4.69) is 30.7 Å². The van der Waals surface area contributed by atoms with Crippen molar-refractivity contribution >= 4 is 0 Å². The van der Waals surface area contributed by atoms with Gasteiger partial charge in [-0.3, -0.25) is 0 Å². The van der Waals surface area contributed by atoms with Gasteiger partial charge in [0.05, 0.1) is 6.04 Å². The van der Waals surface area contributed by atoms with Crippen molar-refractivity contribution < 1.29 is 0 Å². The smallest absolute Gasteiger partial charge is 0.145 e. The highest BCUT2D eigenvalue weighted by molar-refractivity contribution is 5.15. The number of rotatable bonds is 2. The van der Waals surface area contributed by atoms with Crippen LogP contribution in [0, 0.1) is 5.41 Å². The van der Waals surface area contributed by atoms with E-state index in [0.717, 1.165) is 5.82 Å². The first-order valence-electron chi connectivity index (χ1n) is 5.57. The summed E-state index contributed by atoms with van der Waals surface area (Å²) in [7, 11) is 0. The zero-order valence-corrected chi connectivity index (χ0v) is 9.70. The molecule has 0 bridgehead atoms. The van der Waals surface area contributed by atoms with E-state index in [9.17, 15) is 0 Å². The maximum absolute atomic E-state index is 6.14. The average Bonchev–Trinajstić information content (AvgIpc) is 2.98. The molecule has 3 nitrogen and oxygen atoms in total. The van der Waals surface area contributed by atoms with Crippen LogP contribution in [0.5, 0.6) is 0 Å². The second-order valence-corrected chi connectivity index (χ2v) is 5.46. The highest BCUT2D eigenvalue weighted by Gasteiger charge is 2.28. The van der Waals surface area contributed by atoms with Crippen LogP contribution in [0.3, 0.4) is 0 Å². The van der Waals surface area contributed by atoms with Crippen molar-refractivity contribution in [1.82, 2.24) is 9.97 Å². The van der Waals surface area contributed by atoms with Crippen LogP contribution in [-0.4, -0.2) is 9.97 Å². The topological polar surface area (TPSA) is 51.8 Å². The summed E-state index contributed by atoms with van der Waals surface area (Å²) in [5, 5.41) is 0. The fraction of sp³-hybridized carbons (Fsp3) is 0.667. The SMILES string of the molecule is CC(C)(C)C(N)c1nccc(C2CC2)n1. The van der Waals surface area contributed by atoms with E-state index in [1.807, 2.05) is 12.3 Å². The van der Waals surface area contributed by atoms with Gasteiger partial charge in [0.2, 0.25) is 0 Å². The van der Waals surface area contributed by atoms with Crippen LogP contribution in [0.25, 0.3) is 0 Å². The molecule has 2 rings (SSSR count). The van der Waals surface area contributed by atoms with E-state index >= 15 is 0 Å². The van der Waals surface area contributed by atoms with Gasteiger partial charge in [0.15, 0.2) is 0 Å². The Morgan fingerprint density at radius 2 is 2.07 bits per heavy atom. The monoisotopic (exact) mass is 205 g/mol. The highest BCUT2D eigenvalue weighted by Crippen LogP contribution is 2.39. The van der Waals surface area contributed by atoms with Crippen molar-refractivity contribution in [2.45, 2.75) is 45.6 Å². The first kappa shape index (κ1) is 10.6. The summed E-state index contributed by atoms with van der Waals surface area (Å²) < 4.78 is 0. The third-order valence-corrected chi connectivity index (χ3v) is 2.90. The lowest BCUT2D eigenvalue weighted by molar-refractivity contribution is 0.314. The quantitative estimate of drug-likeness (QED) is 0.806. The molecular formula is C12H19N3. The molecule has 82 valence electrons. The van der Waals surface area contributed by atoms with Gasteiger partial charge in [-0.25, -0.2) is 9.97 Å². The van der Waals surface area contributed by atoms with Crippen LogP contribution in [0.15, 0.2) is 12.3 Å². The molecule has 1 aromatic heterocycles. The van der Waals surface area contributed by atoms with Crippen molar-refractivity contribution in [3.8, 4) is 0 Å². The van der Waals surface area contributed by atoms with Crippen LogP contribution >= 0.6 is 0 Å². The van der Waals surface area contributed by atoms with Gasteiger partial charge in [0.1, 0.15) is 5.82 Å². The number of hydrogen-bond donors (Lipinski definition) is 1. The Labute approximate surface area is 91.1 Å². The summed E-state index contributed by atoms with van der Waals surface area (Å²) >= 11 is 0. The van der Waals surface area contributed by atoms with Crippen LogP contribution in [0.1, 0.15) is 57.1 Å². The molecule has 0 aliphatic heterocycles. The number of aromatic nitrogens is 2. The maximum Gasteiger partial charge on any atom is 0.145 e. The Hall–Kier alpha value is -0.960. The summed E-state index contributed by atoms with van der Waals surface area (Å²) in [6, 6.07) is 1.92. The Morgan fingerprint density at radius 1 is 1.40 bits per heavy atom. The van der Waals surface area contributed by atoms with E-state index in [0.29, 0.717) is 5.92 Å². The van der Waals surface area contributed by atoms with Gasteiger partial charge in [0, 0.05) is 17.8 Å². The molecule has 0 amide bonds. The molecule has 0 saturated heterocycles. The minimum Gasteiger partial charge on any atom is -0.321 e. The van der Waals surface area contributed by atoms with Crippen molar-refractivity contribution in [2.75, 3.05) is 0 Å². The molecule has 1 atom stereocenters. The van der Waals surface area contributed by atoms with Gasteiger partial charge in [-0.1, -0.05) is 20.8 Å². The fourth-order valence-electron chi connectivity index (χ4n) is 1.53. The molecule has 1 unspecified atom stereocenters. The molecule has 2 N–H and O–H groups in total. The van der Waals surface area contributed by atoms with E-state index < -0.39 is 0 Å². The van der Waals surface area contributed by atoms with E-state index in [1.54, 1.807) is 0 Å². The van der Waals surface area contributed by atoms with Gasteiger partial charge >= 0.3 is 0 Å². The zero-order chi connectivity index (χ0) is 11.1. The Morgan fingerprint density at radius 3 is 2.60 bits per heavy atom. The van der Waals surface area contributed by atoms with Crippen molar-refractivity contribution in [2.24, 2.45) is 11.1 Å². The summed E-state index contributed by atoms with van der Waals surface area (Å²) in [5.74, 6) is 1.45. The molecule has 0 spiro atoms. The van der Waals surface area contributed by atoms with Crippen LogP contribution < -0.4 is 5.73 Å². The lowest BCUT2D eigenvalue weighted by Crippen LogP contribution is -2.28. The largest absolute Gasteiger partial charge is 0.321 e. The Kier molecular flexibility index (Phi) is 2.51. The van der Waals surface area contributed by atoms with Gasteiger partial charge in [-0.05, 0) is 24.3 Å². The van der Waals surface area contributed by atoms with Gasteiger partial charge in [-0.2, -0.15) is 0 Å². The Balaban J connectivity index is 2.24. The van der Waals surface area contributed by atoms with Crippen LogP contribution in [0.4, 0.5) is 0 Å². The van der Waals surface area contributed by atoms with Crippen molar-refractivity contribution in [3.05, 3.63) is 23.8 Å². The number of hydrogen-bond acceptors (Lipinski definition) is 3.